The van der Waals surface area contributed by atoms with Crippen LogP contribution in [0.2, 0.25) is 0 Å². The number of hydrogen-bond donors (Lipinski definition) is 2. The summed E-state index contributed by atoms with van der Waals surface area (Å²) in [6.07, 6.45) is 2.62. The second-order valence-corrected chi connectivity index (χ2v) is 6.13. The van der Waals surface area contributed by atoms with E-state index in [1.54, 1.807) is 17.9 Å². The van der Waals surface area contributed by atoms with Gasteiger partial charge in [-0.2, -0.15) is 0 Å². The highest BCUT2D eigenvalue weighted by molar-refractivity contribution is 5.97. The molecule has 25 heavy (non-hydrogen) atoms. The monoisotopic (exact) mass is 346 g/mol. The molecule has 132 valence electrons. The van der Waals surface area contributed by atoms with Crippen LogP contribution in [-0.4, -0.2) is 41.0 Å². The van der Waals surface area contributed by atoms with Crippen LogP contribution in [0.3, 0.4) is 0 Å². The maximum Gasteiger partial charge on any atom is 0.287 e. The summed E-state index contributed by atoms with van der Waals surface area (Å²) in [6.45, 7) is 2.62. The van der Waals surface area contributed by atoms with Gasteiger partial charge >= 0.3 is 0 Å². The Morgan fingerprint density at radius 2 is 2.00 bits per heavy atom. The number of amides is 2. The van der Waals surface area contributed by atoms with E-state index in [1.807, 2.05) is 0 Å². The second-order valence-electron chi connectivity index (χ2n) is 6.13. The normalized spacial score (nSPS) is 15.2. The summed E-state index contributed by atoms with van der Waals surface area (Å²) in [4.78, 5) is 26.1. The van der Waals surface area contributed by atoms with Crippen molar-refractivity contribution in [2.45, 2.75) is 25.8 Å². The summed E-state index contributed by atoms with van der Waals surface area (Å²) < 4.78 is 18.5. The second kappa shape index (κ2) is 6.96. The van der Waals surface area contributed by atoms with E-state index in [-0.39, 0.29) is 23.3 Å². The van der Waals surface area contributed by atoms with E-state index in [2.05, 4.69) is 5.32 Å². The number of nitrogens with zero attached hydrogens (tertiary/aromatic N) is 1. The first-order valence-electron chi connectivity index (χ1n) is 8.08. The van der Waals surface area contributed by atoms with E-state index in [4.69, 9.17) is 4.42 Å². The topological polar surface area (TPSA) is 82.8 Å². The molecule has 2 N–H and O–H groups in total. The molecule has 0 saturated carbocycles. The Balaban J connectivity index is 1.58. The zero-order chi connectivity index (χ0) is 18.0. The molecule has 1 saturated heterocycles. The number of benzene rings is 1. The number of phenolic OH excluding ortho intramolecular Hbond substituents is 1. The van der Waals surface area contributed by atoms with E-state index in [1.165, 1.54) is 12.3 Å². The van der Waals surface area contributed by atoms with Gasteiger partial charge in [0, 0.05) is 24.7 Å². The number of aromatic hydroxyl groups is 1. The minimum Gasteiger partial charge on any atom is -0.507 e. The third kappa shape index (κ3) is 3.65. The predicted molar refractivity (Wildman–Crippen MR) is 87.9 cm³/mol. The first-order valence-corrected chi connectivity index (χ1v) is 8.08. The van der Waals surface area contributed by atoms with Gasteiger partial charge in [0.05, 0.1) is 11.8 Å². The van der Waals surface area contributed by atoms with Gasteiger partial charge in [-0.1, -0.05) is 0 Å². The van der Waals surface area contributed by atoms with Crippen molar-refractivity contribution in [3.05, 3.63) is 53.2 Å². The van der Waals surface area contributed by atoms with E-state index in [9.17, 15) is 19.1 Å². The molecular formula is C18H19FN2O4. The quantitative estimate of drug-likeness (QED) is 0.894. The summed E-state index contributed by atoms with van der Waals surface area (Å²) in [5, 5.41) is 12.7. The van der Waals surface area contributed by atoms with Crippen LogP contribution < -0.4 is 5.32 Å². The van der Waals surface area contributed by atoms with Gasteiger partial charge in [0.2, 0.25) is 0 Å². The molecular weight excluding hydrogens is 327 g/mol. The molecule has 2 amide bonds. The number of likely N-dealkylation sites (tertiary alicyclic amines) is 1. The lowest BCUT2D eigenvalue weighted by Gasteiger charge is -2.32. The third-order valence-electron chi connectivity index (χ3n) is 4.37. The van der Waals surface area contributed by atoms with E-state index < -0.39 is 11.7 Å². The summed E-state index contributed by atoms with van der Waals surface area (Å²) in [6, 6.07) is 4.96. The number of carbonyl (C=O) groups is 2. The molecule has 0 radical (unpaired) electrons. The zero-order valence-electron chi connectivity index (χ0n) is 13.8. The number of aryl methyl sites for hydroxylation is 1. The van der Waals surface area contributed by atoms with Crippen molar-refractivity contribution in [2.75, 3.05) is 13.1 Å². The molecule has 7 heteroatoms. The fraction of sp³-hybridized carbons (Fsp3) is 0.333. The molecule has 1 aromatic heterocycles. The average Bonchev–Trinajstić information content (AvgIpc) is 3.03. The number of furan rings is 1. The Morgan fingerprint density at radius 1 is 1.28 bits per heavy atom. The number of rotatable bonds is 3. The molecule has 1 aromatic carbocycles. The van der Waals surface area contributed by atoms with Gasteiger partial charge in [-0.05, 0) is 44.0 Å². The Labute approximate surface area is 144 Å². The van der Waals surface area contributed by atoms with Crippen LogP contribution in [-0.2, 0) is 0 Å². The molecule has 1 aliphatic heterocycles. The molecule has 1 fully saturated rings. The molecule has 1 aliphatic rings. The Kier molecular flexibility index (Phi) is 4.74. The molecule has 3 rings (SSSR count). The van der Waals surface area contributed by atoms with Gasteiger partial charge < -0.3 is 19.7 Å². The van der Waals surface area contributed by atoms with Gasteiger partial charge in [-0.3, -0.25) is 9.59 Å². The van der Waals surface area contributed by atoms with E-state index in [0.29, 0.717) is 31.7 Å². The lowest BCUT2D eigenvalue weighted by atomic mass is 10.0. The number of halogens is 1. The van der Waals surface area contributed by atoms with Crippen molar-refractivity contribution >= 4 is 11.8 Å². The molecule has 2 heterocycles. The van der Waals surface area contributed by atoms with E-state index >= 15 is 0 Å². The maximum absolute atomic E-state index is 13.3. The van der Waals surface area contributed by atoms with Crippen LogP contribution in [0.4, 0.5) is 4.39 Å². The lowest BCUT2D eigenvalue weighted by molar-refractivity contribution is 0.0692. The minimum absolute atomic E-state index is 0.0475. The predicted octanol–water partition coefficient (Wildman–Crippen LogP) is 2.47. The molecule has 0 unspecified atom stereocenters. The van der Waals surface area contributed by atoms with Gasteiger partial charge in [0.25, 0.3) is 11.8 Å². The van der Waals surface area contributed by atoms with Crippen LogP contribution in [0.25, 0.3) is 0 Å². The van der Waals surface area contributed by atoms with Crippen molar-refractivity contribution in [3.8, 4) is 5.75 Å². The molecule has 0 aliphatic carbocycles. The van der Waals surface area contributed by atoms with Crippen molar-refractivity contribution < 1.29 is 23.5 Å². The standard InChI is InChI=1S/C18H19FN2O4/c1-11-6-9-25-16(11)17(23)20-13-4-7-21(8-5-13)18(24)14-10-12(19)2-3-15(14)22/h2-3,6,9-10,13,22H,4-5,7-8H2,1H3,(H,20,23). The summed E-state index contributed by atoms with van der Waals surface area (Å²) in [5.74, 6) is -1.20. The average molecular weight is 346 g/mol. The minimum atomic E-state index is -0.572. The largest absolute Gasteiger partial charge is 0.507 e. The zero-order valence-corrected chi connectivity index (χ0v) is 13.8. The maximum atomic E-state index is 13.3. The molecule has 0 spiro atoms. The molecule has 2 aromatic rings. The Morgan fingerprint density at radius 3 is 2.64 bits per heavy atom. The Hall–Kier alpha value is -2.83. The van der Waals surface area contributed by atoms with Crippen molar-refractivity contribution in [1.29, 1.82) is 0 Å². The van der Waals surface area contributed by atoms with Gasteiger partial charge in [0.1, 0.15) is 11.6 Å². The first-order chi connectivity index (χ1) is 12.0. The van der Waals surface area contributed by atoms with Crippen molar-refractivity contribution in [2.24, 2.45) is 0 Å². The number of hydrogen-bond acceptors (Lipinski definition) is 4. The van der Waals surface area contributed by atoms with Crippen LogP contribution in [0.15, 0.2) is 34.9 Å². The Bertz CT molecular complexity index is 794. The van der Waals surface area contributed by atoms with Gasteiger partial charge in [0.15, 0.2) is 5.76 Å². The van der Waals surface area contributed by atoms with Crippen LogP contribution in [0, 0.1) is 12.7 Å². The highest BCUT2D eigenvalue weighted by Crippen LogP contribution is 2.22. The number of piperidine rings is 1. The number of nitrogens with one attached hydrogen (secondary N) is 1. The van der Waals surface area contributed by atoms with Crippen LogP contribution in [0.5, 0.6) is 5.75 Å². The van der Waals surface area contributed by atoms with Gasteiger partial charge in [-0.25, -0.2) is 4.39 Å². The molecule has 0 bridgehead atoms. The van der Waals surface area contributed by atoms with Crippen molar-refractivity contribution in [1.82, 2.24) is 10.2 Å². The van der Waals surface area contributed by atoms with E-state index in [0.717, 1.165) is 17.7 Å². The lowest BCUT2D eigenvalue weighted by Crippen LogP contribution is -2.46. The third-order valence-corrected chi connectivity index (χ3v) is 4.37. The highest BCUT2D eigenvalue weighted by atomic mass is 19.1. The smallest absolute Gasteiger partial charge is 0.287 e. The fourth-order valence-corrected chi connectivity index (χ4v) is 2.93. The molecule has 0 atom stereocenters. The van der Waals surface area contributed by atoms with Gasteiger partial charge in [-0.15, -0.1) is 0 Å². The molecule has 6 nitrogen and oxygen atoms in total. The SMILES string of the molecule is Cc1ccoc1C(=O)NC1CCN(C(=O)c2cc(F)ccc2O)CC1. The van der Waals surface area contributed by atoms with Crippen LogP contribution in [0.1, 0.15) is 39.3 Å². The first kappa shape index (κ1) is 17.0. The number of phenols is 1. The van der Waals surface area contributed by atoms with Crippen molar-refractivity contribution in [3.63, 3.8) is 0 Å². The van der Waals surface area contributed by atoms with Crippen LogP contribution >= 0.6 is 0 Å². The number of carbonyl (C=O) groups excluding carboxylic acids is 2. The highest BCUT2D eigenvalue weighted by Gasteiger charge is 2.27. The summed E-state index contributed by atoms with van der Waals surface area (Å²) in [5.41, 5.74) is 0.723. The fourth-order valence-electron chi connectivity index (χ4n) is 2.93. The summed E-state index contributed by atoms with van der Waals surface area (Å²) in [7, 11) is 0. The summed E-state index contributed by atoms with van der Waals surface area (Å²) >= 11 is 0.